The summed E-state index contributed by atoms with van der Waals surface area (Å²) in [6.07, 6.45) is 59.1. The Hall–Kier alpha value is -3.15. The number of carbonyl (C=O) groups is 3. The van der Waals surface area contributed by atoms with Crippen LogP contribution in [0.4, 0.5) is 0 Å². The van der Waals surface area contributed by atoms with Crippen molar-refractivity contribution in [3.05, 3.63) is 72.9 Å². The van der Waals surface area contributed by atoms with Crippen LogP contribution in [0.3, 0.4) is 0 Å². The quantitative estimate of drug-likeness (QED) is 0.0200. The van der Waals surface area contributed by atoms with Gasteiger partial charge in [0.1, 0.15) is 13.2 Å². The number of carbonyl (C=O) groups excluding carboxylic acids is 3. The lowest BCUT2D eigenvalue weighted by atomic mass is 10.0. The van der Waals surface area contributed by atoms with Gasteiger partial charge < -0.3 is 14.2 Å². The van der Waals surface area contributed by atoms with Crippen molar-refractivity contribution in [3.63, 3.8) is 0 Å². The summed E-state index contributed by atoms with van der Waals surface area (Å²) in [5.74, 6) is -0.979. The Morgan fingerprint density at radius 2 is 0.746 bits per heavy atom. The Morgan fingerprint density at radius 3 is 1.25 bits per heavy atom. The number of allylic oxidation sites excluding steroid dienone is 12. The SMILES string of the molecule is CC\C=C/C=C\C=C/C=C\CCCCCC(=O)OC(COC(=O)CCCC/C=C\C/C=C\CC)COC(=O)CCCCCCCCCCCCCCCCCCCCC. The van der Waals surface area contributed by atoms with Crippen molar-refractivity contribution in [2.45, 2.75) is 232 Å². The van der Waals surface area contributed by atoms with Gasteiger partial charge in [0.05, 0.1) is 0 Å². The lowest BCUT2D eigenvalue weighted by Crippen LogP contribution is -2.30. The standard InChI is InChI=1S/C53H90O6/c1-4-7-10-13-16-19-21-23-24-25-26-27-28-30-31-34-37-40-43-46-52(55)58-49-50(48-57-51(54)45-42-39-36-33-18-15-12-9-6-3)59-53(56)47-44-41-38-35-32-29-22-20-17-14-11-8-5-2/h8-9,11-12,14,17-18,20,22,29,32-33,50H,4-7,10,13,15-16,19,21,23-28,30-31,34-49H2,1-3H3/b11-8-,12-9-,17-14-,22-20-,32-29-,33-18-. The summed E-state index contributed by atoms with van der Waals surface area (Å²) < 4.78 is 16.7. The molecule has 0 heterocycles. The van der Waals surface area contributed by atoms with E-state index in [-0.39, 0.29) is 37.5 Å². The van der Waals surface area contributed by atoms with Crippen molar-refractivity contribution < 1.29 is 28.6 Å². The van der Waals surface area contributed by atoms with Gasteiger partial charge in [-0.15, -0.1) is 0 Å². The van der Waals surface area contributed by atoms with Crippen LogP contribution in [-0.4, -0.2) is 37.2 Å². The van der Waals surface area contributed by atoms with Crippen molar-refractivity contribution in [2.24, 2.45) is 0 Å². The zero-order chi connectivity index (χ0) is 43.0. The van der Waals surface area contributed by atoms with Crippen molar-refractivity contribution in [3.8, 4) is 0 Å². The van der Waals surface area contributed by atoms with Gasteiger partial charge >= 0.3 is 17.9 Å². The molecule has 338 valence electrons. The fraction of sp³-hybridized carbons (Fsp3) is 0.717. The van der Waals surface area contributed by atoms with E-state index in [4.69, 9.17) is 14.2 Å². The lowest BCUT2D eigenvalue weighted by molar-refractivity contribution is -0.167. The molecule has 0 saturated heterocycles. The molecule has 0 aliphatic heterocycles. The number of unbranched alkanes of at least 4 members (excludes halogenated alkanes) is 23. The van der Waals surface area contributed by atoms with Gasteiger partial charge in [-0.3, -0.25) is 14.4 Å². The van der Waals surface area contributed by atoms with Crippen molar-refractivity contribution in [2.75, 3.05) is 13.2 Å². The van der Waals surface area contributed by atoms with E-state index in [2.05, 4.69) is 57.2 Å². The van der Waals surface area contributed by atoms with Crippen LogP contribution in [0.1, 0.15) is 226 Å². The third kappa shape index (κ3) is 45.8. The van der Waals surface area contributed by atoms with Gasteiger partial charge in [0.2, 0.25) is 0 Å². The van der Waals surface area contributed by atoms with Crippen molar-refractivity contribution in [1.29, 1.82) is 0 Å². The minimum absolute atomic E-state index is 0.101. The molecule has 0 fully saturated rings. The molecule has 59 heavy (non-hydrogen) atoms. The number of ether oxygens (including phenoxy) is 3. The third-order valence-electron chi connectivity index (χ3n) is 10.3. The minimum atomic E-state index is -0.805. The van der Waals surface area contributed by atoms with Crippen LogP contribution in [0.25, 0.3) is 0 Å². The Kier molecular flexibility index (Phi) is 45.0. The predicted molar refractivity (Wildman–Crippen MR) is 251 cm³/mol. The Labute approximate surface area is 363 Å². The average Bonchev–Trinajstić information content (AvgIpc) is 3.23. The molecule has 0 amide bonds. The van der Waals surface area contributed by atoms with Gasteiger partial charge in [-0.25, -0.2) is 0 Å². The van der Waals surface area contributed by atoms with E-state index in [1.165, 1.54) is 103 Å². The summed E-state index contributed by atoms with van der Waals surface area (Å²) in [7, 11) is 0. The first-order valence-corrected chi connectivity index (χ1v) is 24.5. The van der Waals surface area contributed by atoms with E-state index in [0.717, 1.165) is 77.0 Å². The van der Waals surface area contributed by atoms with Crippen LogP contribution in [0.15, 0.2) is 72.9 Å². The average molecular weight is 823 g/mol. The monoisotopic (exact) mass is 823 g/mol. The molecule has 1 unspecified atom stereocenters. The summed E-state index contributed by atoms with van der Waals surface area (Å²) in [5, 5.41) is 0. The second kappa shape index (κ2) is 47.5. The van der Waals surface area contributed by atoms with E-state index < -0.39 is 6.10 Å². The van der Waals surface area contributed by atoms with Crippen LogP contribution in [-0.2, 0) is 28.6 Å². The Morgan fingerprint density at radius 1 is 0.373 bits per heavy atom. The van der Waals surface area contributed by atoms with Gasteiger partial charge in [-0.05, 0) is 64.2 Å². The van der Waals surface area contributed by atoms with Crippen LogP contribution in [0.5, 0.6) is 0 Å². The lowest BCUT2D eigenvalue weighted by Gasteiger charge is -2.18. The van der Waals surface area contributed by atoms with Crippen LogP contribution >= 0.6 is 0 Å². The summed E-state index contributed by atoms with van der Waals surface area (Å²) in [6.45, 7) is 6.31. The fourth-order valence-corrected chi connectivity index (χ4v) is 6.67. The first-order chi connectivity index (χ1) is 29.0. The second-order valence-corrected chi connectivity index (χ2v) is 16.1. The predicted octanol–water partition coefficient (Wildman–Crippen LogP) is 15.9. The third-order valence-corrected chi connectivity index (χ3v) is 10.3. The van der Waals surface area contributed by atoms with Crippen molar-refractivity contribution >= 4 is 17.9 Å². The van der Waals surface area contributed by atoms with E-state index in [0.29, 0.717) is 19.3 Å². The molecular weight excluding hydrogens is 733 g/mol. The van der Waals surface area contributed by atoms with Gasteiger partial charge in [-0.1, -0.05) is 216 Å². The van der Waals surface area contributed by atoms with Gasteiger partial charge in [0.15, 0.2) is 6.10 Å². The highest BCUT2D eigenvalue weighted by atomic mass is 16.6. The number of hydrogen-bond acceptors (Lipinski definition) is 6. The molecule has 6 heteroatoms. The van der Waals surface area contributed by atoms with E-state index >= 15 is 0 Å². The maximum absolute atomic E-state index is 12.7. The molecule has 0 N–H and O–H groups in total. The maximum Gasteiger partial charge on any atom is 0.306 e. The number of rotatable bonds is 43. The molecule has 0 aliphatic carbocycles. The molecule has 0 spiro atoms. The molecule has 0 aromatic carbocycles. The molecule has 0 radical (unpaired) electrons. The normalized spacial score (nSPS) is 12.7. The fourth-order valence-electron chi connectivity index (χ4n) is 6.67. The highest BCUT2D eigenvalue weighted by Gasteiger charge is 2.19. The van der Waals surface area contributed by atoms with E-state index in [9.17, 15) is 14.4 Å². The molecule has 0 saturated carbocycles. The van der Waals surface area contributed by atoms with Crippen LogP contribution in [0.2, 0.25) is 0 Å². The molecule has 6 nitrogen and oxygen atoms in total. The number of hydrogen-bond donors (Lipinski definition) is 0. The van der Waals surface area contributed by atoms with Gasteiger partial charge in [-0.2, -0.15) is 0 Å². The van der Waals surface area contributed by atoms with E-state index in [1.54, 1.807) is 0 Å². The summed E-state index contributed by atoms with van der Waals surface area (Å²) >= 11 is 0. The molecular formula is C53H90O6. The van der Waals surface area contributed by atoms with Gasteiger partial charge in [0, 0.05) is 19.3 Å². The second-order valence-electron chi connectivity index (χ2n) is 16.1. The minimum Gasteiger partial charge on any atom is -0.462 e. The molecule has 0 bridgehead atoms. The first kappa shape index (κ1) is 55.9. The summed E-state index contributed by atoms with van der Waals surface area (Å²) in [4.78, 5) is 37.8. The van der Waals surface area contributed by atoms with Gasteiger partial charge in [0.25, 0.3) is 0 Å². The first-order valence-electron chi connectivity index (χ1n) is 24.5. The van der Waals surface area contributed by atoms with Crippen LogP contribution in [0, 0.1) is 0 Å². The van der Waals surface area contributed by atoms with Crippen molar-refractivity contribution in [1.82, 2.24) is 0 Å². The maximum atomic E-state index is 12.7. The highest BCUT2D eigenvalue weighted by molar-refractivity contribution is 5.71. The Bertz CT molecular complexity index is 1130. The molecule has 1 atom stereocenters. The zero-order valence-electron chi connectivity index (χ0n) is 38.5. The highest BCUT2D eigenvalue weighted by Crippen LogP contribution is 2.15. The number of esters is 3. The summed E-state index contributed by atoms with van der Waals surface area (Å²) in [6, 6.07) is 0. The Balaban J connectivity index is 4.34. The largest absolute Gasteiger partial charge is 0.462 e. The molecule has 0 rings (SSSR count). The van der Waals surface area contributed by atoms with E-state index in [1.807, 2.05) is 36.5 Å². The molecule has 0 aliphatic rings. The molecule has 0 aromatic heterocycles. The smallest absolute Gasteiger partial charge is 0.306 e. The van der Waals surface area contributed by atoms with Crippen LogP contribution < -0.4 is 0 Å². The summed E-state index contributed by atoms with van der Waals surface area (Å²) in [5.41, 5.74) is 0. The topological polar surface area (TPSA) is 78.9 Å². The zero-order valence-corrected chi connectivity index (χ0v) is 38.5. The molecule has 0 aromatic rings.